The minimum Gasteiger partial charge on any atom is -0.356 e. The lowest BCUT2D eigenvalue weighted by atomic mass is 9.77. The zero-order chi connectivity index (χ0) is 16.9. The van der Waals surface area contributed by atoms with Crippen LogP contribution in [0.3, 0.4) is 0 Å². The maximum Gasteiger partial charge on any atom is 0.223 e. The van der Waals surface area contributed by atoms with Gasteiger partial charge in [-0.2, -0.15) is 0 Å². The van der Waals surface area contributed by atoms with Crippen LogP contribution in [0.15, 0.2) is 24.4 Å². The van der Waals surface area contributed by atoms with E-state index in [1.807, 2.05) is 18.2 Å². The van der Waals surface area contributed by atoms with Crippen LogP contribution in [0.2, 0.25) is 0 Å². The first-order chi connectivity index (χ1) is 11.6. The molecule has 3 rings (SSSR count). The number of hydrogen-bond donors (Lipinski definition) is 2. The van der Waals surface area contributed by atoms with Gasteiger partial charge in [-0.15, -0.1) is 0 Å². The Bertz CT molecular complexity index is 563. The summed E-state index contributed by atoms with van der Waals surface area (Å²) in [7, 11) is 0. The van der Waals surface area contributed by atoms with Gasteiger partial charge in [0.2, 0.25) is 11.8 Å². The Hall–Kier alpha value is -1.91. The SMILES string of the molecule is CC(=O)NC(c1ccccn1)C1CCC(CNC(=O)C2CC2)CC1. The number of rotatable bonds is 6. The fourth-order valence-corrected chi connectivity index (χ4v) is 3.67. The fourth-order valence-electron chi connectivity index (χ4n) is 3.67. The van der Waals surface area contributed by atoms with Crippen molar-refractivity contribution in [1.82, 2.24) is 15.6 Å². The fraction of sp³-hybridized carbons (Fsp3) is 0.632. The molecule has 2 N–H and O–H groups in total. The van der Waals surface area contributed by atoms with E-state index in [-0.39, 0.29) is 23.8 Å². The summed E-state index contributed by atoms with van der Waals surface area (Å²) in [4.78, 5) is 27.8. The normalized spacial score (nSPS) is 24.9. The third-order valence-corrected chi connectivity index (χ3v) is 5.24. The van der Waals surface area contributed by atoms with Gasteiger partial charge in [-0.05, 0) is 62.5 Å². The van der Waals surface area contributed by atoms with E-state index in [4.69, 9.17) is 0 Å². The number of nitrogens with zero attached hydrogens (tertiary/aromatic N) is 1. The van der Waals surface area contributed by atoms with Crippen LogP contribution in [0.4, 0.5) is 0 Å². The van der Waals surface area contributed by atoms with Crippen molar-refractivity contribution in [2.45, 2.75) is 51.5 Å². The first-order valence-corrected chi connectivity index (χ1v) is 9.09. The maximum absolute atomic E-state index is 11.8. The number of aromatic nitrogens is 1. The third kappa shape index (κ3) is 4.56. The van der Waals surface area contributed by atoms with E-state index in [0.717, 1.165) is 50.8 Å². The number of carbonyl (C=O) groups excluding carboxylic acids is 2. The molecule has 2 aliphatic carbocycles. The molecule has 1 unspecified atom stereocenters. The highest BCUT2D eigenvalue weighted by Crippen LogP contribution is 2.36. The zero-order valence-corrected chi connectivity index (χ0v) is 14.3. The van der Waals surface area contributed by atoms with Gasteiger partial charge in [-0.1, -0.05) is 6.07 Å². The second-order valence-electron chi connectivity index (χ2n) is 7.23. The highest BCUT2D eigenvalue weighted by Gasteiger charge is 2.32. The second-order valence-corrected chi connectivity index (χ2v) is 7.23. The van der Waals surface area contributed by atoms with Gasteiger partial charge in [0.1, 0.15) is 0 Å². The number of carbonyl (C=O) groups is 2. The molecule has 0 spiro atoms. The summed E-state index contributed by atoms with van der Waals surface area (Å²) in [5, 5.41) is 6.18. The van der Waals surface area contributed by atoms with Crippen LogP contribution in [0.25, 0.3) is 0 Å². The van der Waals surface area contributed by atoms with Crippen LogP contribution in [0.1, 0.15) is 57.2 Å². The van der Waals surface area contributed by atoms with Crippen molar-refractivity contribution >= 4 is 11.8 Å². The van der Waals surface area contributed by atoms with E-state index in [9.17, 15) is 9.59 Å². The average Bonchev–Trinajstić information content (AvgIpc) is 3.44. The van der Waals surface area contributed by atoms with Gasteiger partial charge >= 0.3 is 0 Å². The first kappa shape index (κ1) is 16.9. The summed E-state index contributed by atoms with van der Waals surface area (Å²) in [5.74, 6) is 1.49. The maximum atomic E-state index is 11.8. The molecule has 2 amide bonds. The minimum absolute atomic E-state index is 0.00861. The van der Waals surface area contributed by atoms with Crippen LogP contribution in [-0.2, 0) is 9.59 Å². The summed E-state index contributed by atoms with van der Waals surface area (Å²) >= 11 is 0. The highest BCUT2D eigenvalue weighted by molar-refractivity contribution is 5.80. The molecule has 2 aliphatic rings. The van der Waals surface area contributed by atoms with Gasteiger partial charge in [-0.3, -0.25) is 14.6 Å². The second kappa shape index (κ2) is 7.77. The average molecular weight is 329 g/mol. The van der Waals surface area contributed by atoms with Crippen molar-refractivity contribution in [1.29, 1.82) is 0 Å². The molecule has 2 saturated carbocycles. The molecule has 0 bridgehead atoms. The van der Waals surface area contributed by atoms with Crippen LogP contribution in [0.5, 0.6) is 0 Å². The Labute approximate surface area is 143 Å². The van der Waals surface area contributed by atoms with Gasteiger partial charge in [0.05, 0.1) is 11.7 Å². The molecular formula is C19H27N3O2. The molecule has 5 nitrogen and oxygen atoms in total. The Kier molecular flexibility index (Phi) is 5.48. The molecule has 1 aromatic rings. The van der Waals surface area contributed by atoms with E-state index >= 15 is 0 Å². The minimum atomic E-state index is -0.00975. The smallest absolute Gasteiger partial charge is 0.223 e. The molecule has 2 fully saturated rings. The van der Waals surface area contributed by atoms with Crippen LogP contribution >= 0.6 is 0 Å². The lowest BCUT2D eigenvalue weighted by Gasteiger charge is -2.34. The van der Waals surface area contributed by atoms with E-state index in [1.54, 1.807) is 13.1 Å². The van der Waals surface area contributed by atoms with E-state index in [2.05, 4.69) is 15.6 Å². The highest BCUT2D eigenvalue weighted by atomic mass is 16.2. The van der Waals surface area contributed by atoms with Crippen molar-refractivity contribution in [2.75, 3.05) is 6.54 Å². The summed E-state index contributed by atoms with van der Waals surface area (Å²) in [6.45, 7) is 2.37. The molecule has 0 radical (unpaired) electrons. The summed E-state index contributed by atoms with van der Waals surface area (Å²) < 4.78 is 0. The van der Waals surface area contributed by atoms with Crippen molar-refractivity contribution in [3.05, 3.63) is 30.1 Å². The quantitative estimate of drug-likeness (QED) is 0.843. The standard InChI is InChI=1S/C19H27N3O2/c1-13(23)22-18(17-4-2-3-11-20-17)15-7-5-14(6-8-15)12-21-19(24)16-9-10-16/h2-4,11,14-16,18H,5-10,12H2,1H3,(H,21,24)(H,22,23). The molecule has 1 aromatic heterocycles. The largest absolute Gasteiger partial charge is 0.356 e. The number of amides is 2. The van der Waals surface area contributed by atoms with E-state index in [0.29, 0.717) is 11.8 Å². The van der Waals surface area contributed by atoms with Crippen molar-refractivity contribution in [3.63, 3.8) is 0 Å². The molecule has 0 saturated heterocycles. The Morgan fingerprint density at radius 3 is 2.50 bits per heavy atom. The summed E-state index contributed by atoms with van der Waals surface area (Å²) in [6.07, 6.45) is 8.21. The topological polar surface area (TPSA) is 71.1 Å². The van der Waals surface area contributed by atoms with Crippen LogP contribution in [-0.4, -0.2) is 23.3 Å². The van der Waals surface area contributed by atoms with E-state index in [1.165, 1.54) is 0 Å². The van der Waals surface area contributed by atoms with E-state index < -0.39 is 0 Å². The van der Waals surface area contributed by atoms with Crippen molar-refractivity contribution < 1.29 is 9.59 Å². The lowest BCUT2D eigenvalue weighted by molar-refractivity contribution is -0.123. The molecule has 1 atom stereocenters. The van der Waals surface area contributed by atoms with Crippen molar-refractivity contribution in [2.24, 2.45) is 17.8 Å². The predicted octanol–water partition coefficient (Wildman–Crippen LogP) is 2.59. The predicted molar refractivity (Wildman–Crippen MR) is 92.0 cm³/mol. The number of pyridine rings is 1. The molecule has 0 aliphatic heterocycles. The number of hydrogen-bond acceptors (Lipinski definition) is 3. The molecule has 130 valence electrons. The van der Waals surface area contributed by atoms with Crippen molar-refractivity contribution in [3.8, 4) is 0 Å². The molecular weight excluding hydrogens is 302 g/mol. The van der Waals surface area contributed by atoms with Gasteiger partial charge in [0, 0.05) is 25.6 Å². The van der Waals surface area contributed by atoms with Crippen LogP contribution in [0, 0.1) is 17.8 Å². The monoisotopic (exact) mass is 329 g/mol. The number of nitrogens with one attached hydrogen (secondary N) is 2. The molecule has 0 aromatic carbocycles. The third-order valence-electron chi connectivity index (χ3n) is 5.24. The summed E-state index contributed by atoms with van der Waals surface area (Å²) in [5.41, 5.74) is 0.943. The Morgan fingerprint density at radius 2 is 1.92 bits per heavy atom. The Morgan fingerprint density at radius 1 is 1.17 bits per heavy atom. The van der Waals surface area contributed by atoms with Crippen LogP contribution < -0.4 is 10.6 Å². The van der Waals surface area contributed by atoms with Gasteiger partial charge in [0.15, 0.2) is 0 Å². The first-order valence-electron chi connectivity index (χ1n) is 9.09. The molecule has 5 heteroatoms. The van der Waals surface area contributed by atoms with Gasteiger partial charge in [-0.25, -0.2) is 0 Å². The zero-order valence-electron chi connectivity index (χ0n) is 14.3. The van der Waals surface area contributed by atoms with Gasteiger partial charge in [0.25, 0.3) is 0 Å². The summed E-state index contributed by atoms with van der Waals surface area (Å²) in [6, 6.07) is 5.85. The molecule has 1 heterocycles. The van der Waals surface area contributed by atoms with Gasteiger partial charge < -0.3 is 10.6 Å². The lowest BCUT2D eigenvalue weighted by Crippen LogP contribution is -2.36. The molecule has 24 heavy (non-hydrogen) atoms. The Balaban J connectivity index is 1.52.